The van der Waals surface area contributed by atoms with E-state index in [-0.39, 0.29) is 22.8 Å². The number of carbonyl (C=O) groups is 1. The summed E-state index contributed by atoms with van der Waals surface area (Å²) in [5.41, 5.74) is 5.86. The largest absolute Gasteiger partial charge is 0.462 e. The maximum absolute atomic E-state index is 14.0. The van der Waals surface area contributed by atoms with Crippen LogP contribution in [0.1, 0.15) is 17.3 Å². The summed E-state index contributed by atoms with van der Waals surface area (Å²) in [5.74, 6) is -1.08. The molecule has 1 aromatic carbocycles. The van der Waals surface area contributed by atoms with Crippen LogP contribution in [-0.4, -0.2) is 29.0 Å². The number of rotatable bonds is 5. The van der Waals surface area contributed by atoms with E-state index in [1.165, 1.54) is 29.2 Å². The van der Waals surface area contributed by atoms with E-state index in [4.69, 9.17) is 10.5 Å². The highest BCUT2D eigenvalue weighted by atomic mass is 32.2. The van der Waals surface area contributed by atoms with Crippen LogP contribution in [0.15, 0.2) is 25.7 Å². The number of carbonyl (C=O) groups excluding carboxylic acids is 1. The summed E-state index contributed by atoms with van der Waals surface area (Å²) in [7, 11) is 0. The lowest BCUT2D eigenvalue weighted by Gasteiger charge is -2.08. The normalized spacial score (nSPS) is 10.6. The van der Waals surface area contributed by atoms with E-state index in [1.807, 2.05) is 6.26 Å². The fraction of sp³-hybridized carbons (Fsp3) is 0.250. The Morgan fingerprint density at radius 1 is 1.43 bits per heavy atom. The predicted molar refractivity (Wildman–Crippen MR) is 82.6 cm³/mol. The van der Waals surface area contributed by atoms with Crippen molar-refractivity contribution in [1.82, 2.24) is 10.2 Å². The molecule has 2 rings (SSSR count). The Bertz CT molecular complexity index is 663. The van der Waals surface area contributed by atoms with Crippen molar-refractivity contribution >= 4 is 46.5 Å². The monoisotopic (exact) mass is 345 g/mol. The second-order valence-corrected chi connectivity index (χ2v) is 7.05. The van der Waals surface area contributed by atoms with Gasteiger partial charge in [-0.2, -0.15) is 0 Å². The Morgan fingerprint density at radius 3 is 2.76 bits per heavy atom. The minimum absolute atomic E-state index is 0.0531. The van der Waals surface area contributed by atoms with E-state index < -0.39 is 11.8 Å². The fourth-order valence-corrected chi connectivity index (χ4v) is 3.89. The average molecular weight is 345 g/mol. The van der Waals surface area contributed by atoms with Gasteiger partial charge in [-0.15, -0.1) is 10.2 Å². The summed E-state index contributed by atoms with van der Waals surface area (Å²) in [6.07, 6.45) is 1.89. The topological polar surface area (TPSA) is 78.1 Å². The number of halogens is 1. The lowest BCUT2D eigenvalue weighted by atomic mass is 10.2. The molecule has 0 spiro atoms. The Balaban J connectivity index is 2.30. The molecule has 2 N–H and O–H groups in total. The smallest absolute Gasteiger partial charge is 0.340 e. The first-order chi connectivity index (χ1) is 10.0. The van der Waals surface area contributed by atoms with E-state index in [0.717, 1.165) is 22.2 Å². The standard InChI is InChI=1S/C12H12FN3O2S3/c1-3-18-10(17)6-4-9(7(13)5-8(6)14)20-12-16-15-11(19-2)21-12/h4-5H,3,14H2,1-2H3. The highest BCUT2D eigenvalue weighted by Gasteiger charge is 2.17. The Labute approximate surface area is 133 Å². The molecule has 1 aromatic heterocycles. The lowest BCUT2D eigenvalue weighted by molar-refractivity contribution is 0.0527. The van der Waals surface area contributed by atoms with E-state index in [9.17, 15) is 9.18 Å². The molecule has 112 valence electrons. The van der Waals surface area contributed by atoms with Crippen molar-refractivity contribution in [2.45, 2.75) is 20.5 Å². The minimum atomic E-state index is -0.570. The fourth-order valence-electron chi connectivity index (χ4n) is 1.45. The predicted octanol–water partition coefficient (Wildman–Crippen LogP) is 3.31. The maximum Gasteiger partial charge on any atom is 0.340 e. The van der Waals surface area contributed by atoms with Gasteiger partial charge in [0.25, 0.3) is 0 Å². The number of aromatic nitrogens is 2. The van der Waals surface area contributed by atoms with Gasteiger partial charge in [0.1, 0.15) is 5.82 Å². The molecule has 21 heavy (non-hydrogen) atoms. The molecule has 2 aromatic rings. The van der Waals surface area contributed by atoms with E-state index in [0.29, 0.717) is 4.34 Å². The first-order valence-corrected chi connectivity index (χ1v) is 8.72. The number of nitrogen functional groups attached to an aromatic ring is 1. The third-order valence-corrected chi connectivity index (χ3v) is 5.34. The van der Waals surface area contributed by atoms with Crippen LogP contribution in [0.3, 0.4) is 0 Å². The zero-order valence-electron chi connectivity index (χ0n) is 11.3. The number of hydrogen-bond donors (Lipinski definition) is 1. The summed E-state index contributed by atoms with van der Waals surface area (Å²) < 4.78 is 20.2. The van der Waals surface area contributed by atoms with Gasteiger partial charge in [0.05, 0.1) is 17.1 Å². The van der Waals surface area contributed by atoms with Crippen LogP contribution < -0.4 is 5.73 Å². The summed E-state index contributed by atoms with van der Waals surface area (Å²) >= 11 is 3.92. The molecule has 9 heteroatoms. The molecular formula is C12H12FN3O2S3. The van der Waals surface area contributed by atoms with Gasteiger partial charge in [-0.25, -0.2) is 9.18 Å². The molecule has 0 fully saturated rings. The molecule has 0 atom stereocenters. The molecular weight excluding hydrogens is 333 g/mol. The van der Waals surface area contributed by atoms with E-state index in [2.05, 4.69) is 10.2 Å². The second kappa shape index (κ2) is 7.10. The number of nitrogens with zero attached hydrogens (tertiary/aromatic N) is 2. The number of hydrogen-bond acceptors (Lipinski definition) is 8. The molecule has 0 saturated heterocycles. The van der Waals surface area contributed by atoms with Crippen molar-refractivity contribution in [1.29, 1.82) is 0 Å². The van der Waals surface area contributed by atoms with Crippen molar-refractivity contribution in [3.05, 3.63) is 23.5 Å². The van der Waals surface area contributed by atoms with Gasteiger partial charge in [-0.1, -0.05) is 34.9 Å². The molecule has 0 radical (unpaired) electrons. The number of nitrogens with two attached hydrogens (primary N) is 1. The van der Waals surface area contributed by atoms with Crippen LogP contribution in [0.5, 0.6) is 0 Å². The van der Waals surface area contributed by atoms with Crippen molar-refractivity contribution < 1.29 is 13.9 Å². The summed E-state index contributed by atoms with van der Waals surface area (Å²) in [6.45, 7) is 1.92. The average Bonchev–Trinajstić information content (AvgIpc) is 2.89. The summed E-state index contributed by atoms with van der Waals surface area (Å²) in [5, 5.41) is 7.89. The van der Waals surface area contributed by atoms with Gasteiger partial charge in [0.2, 0.25) is 0 Å². The van der Waals surface area contributed by atoms with Crippen molar-refractivity contribution in [2.24, 2.45) is 0 Å². The van der Waals surface area contributed by atoms with Gasteiger partial charge < -0.3 is 10.5 Å². The van der Waals surface area contributed by atoms with Crippen molar-refractivity contribution in [2.75, 3.05) is 18.6 Å². The first-order valence-electron chi connectivity index (χ1n) is 5.86. The molecule has 1 heterocycles. The zero-order valence-corrected chi connectivity index (χ0v) is 13.7. The maximum atomic E-state index is 14.0. The van der Waals surface area contributed by atoms with Gasteiger partial charge in [-0.3, -0.25) is 0 Å². The van der Waals surface area contributed by atoms with E-state index in [1.54, 1.807) is 6.92 Å². The van der Waals surface area contributed by atoms with Crippen molar-refractivity contribution in [3.8, 4) is 0 Å². The summed E-state index contributed by atoms with van der Waals surface area (Å²) in [6, 6.07) is 2.50. The third kappa shape index (κ3) is 3.86. The number of ether oxygens (including phenoxy) is 1. The Kier molecular flexibility index (Phi) is 5.43. The summed E-state index contributed by atoms with van der Waals surface area (Å²) in [4.78, 5) is 12.0. The molecule has 0 amide bonds. The van der Waals surface area contributed by atoms with Crippen LogP contribution in [0.25, 0.3) is 0 Å². The van der Waals surface area contributed by atoms with Crippen LogP contribution >= 0.6 is 34.9 Å². The molecule has 0 aliphatic carbocycles. The minimum Gasteiger partial charge on any atom is -0.462 e. The highest BCUT2D eigenvalue weighted by Crippen LogP contribution is 2.35. The Hall–Kier alpha value is -1.32. The van der Waals surface area contributed by atoms with Crippen LogP contribution in [0.2, 0.25) is 0 Å². The second-order valence-electron chi connectivity index (χ2n) is 3.73. The zero-order chi connectivity index (χ0) is 15.4. The highest BCUT2D eigenvalue weighted by molar-refractivity contribution is 8.03. The molecule has 0 aliphatic heterocycles. The van der Waals surface area contributed by atoms with Crippen molar-refractivity contribution in [3.63, 3.8) is 0 Å². The SMILES string of the molecule is CCOC(=O)c1cc(Sc2nnc(SC)s2)c(F)cc1N. The quantitative estimate of drug-likeness (QED) is 0.506. The van der Waals surface area contributed by atoms with Gasteiger partial charge in [0, 0.05) is 5.69 Å². The molecule has 0 bridgehead atoms. The van der Waals surface area contributed by atoms with Crippen LogP contribution in [-0.2, 0) is 4.74 Å². The Morgan fingerprint density at radius 2 is 2.14 bits per heavy atom. The van der Waals surface area contributed by atoms with Crippen LogP contribution in [0, 0.1) is 5.82 Å². The molecule has 0 aliphatic rings. The molecule has 0 saturated carbocycles. The van der Waals surface area contributed by atoms with Gasteiger partial charge in [-0.05, 0) is 25.3 Å². The van der Waals surface area contributed by atoms with Gasteiger partial charge in [0.15, 0.2) is 8.68 Å². The third-order valence-electron chi connectivity index (χ3n) is 2.36. The lowest BCUT2D eigenvalue weighted by Crippen LogP contribution is -2.08. The van der Waals surface area contributed by atoms with Crippen LogP contribution in [0.4, 0.5) is 10.1 Å². The number of thioether (sulfide) groups is 1. The van der Waals surface area contributed by atoms with E-state index >= 15 is 0 Å². The first kappa shape index (κ1) is 16.1. The van der Waals surface area contributed by atoms with Gasteiger partial charge >= 0.3 is 5.97 Å². The number of benzene rings is 1. The molecule has 5 nitrogen and oxygen atoms in total. The molecule has 0 unspecified atom stereocenters. The number of anilines is 1. The number of esters is 1.